The summed E-state index contributed by atoms with van der Waals surface area (Å²) in [5.41, 5.74) is 0. The van der Waals surface area contributed by atoms with Gasteiger partial charge in [-0.05, 0) is 12.8 Å². The number of aliphatic carboxylic acids is 1. The summed E-state index contributed by atoms with van der Waals surface area (Å²) in [6.07, 6.45) is 15.3. The maximum absolute atomic E-state index is 11.4. The van der Waals surface area contributed by atoms with Gasteiger partial charge < -0.3 is 67.3 Å². The van der Waals surface area contributed by atoms with Crippen molar-refractivity contribution >= 4 is 11.9 Å². The second-order valence-electron chi connectivity index (χ2n) is 13.5. The van der Waals surface area contributed by atoms with Crippen LogP contribution in [0.1, 0.15) is 96.8 Å². The molecule has 0 heterocycles. The number of hydrogen-bond acceptors (Lipinski definition) is 14. The standard InChI is InChI=1S/C42H83NO15/c1-2-3-4-5-6-7-8-9-10-11-12-17-47-19-21-49-23-25-51-27-29-53-31-33-55-35-37-57-39-40-58-38-36-56-34-32-54-30-28-52-26-24-50-22-20-48-18-13-16-43-41(44)14-15-42(45)46/h2-40H2,1H3,(H,43,44)(H,45,46). The van der Waals surface area contributed by atoms with E-state index in [4.69, 9.17) is 61.9 Å². The van der Waals surface area contributed by atoms with E-state index in [0.717, 1.165) is 13.0 Å². The average molecular weight is 842 g/mol. The first kappa shape index (κ1) is 56.5. The zero-order valence-electron chi connectivity index (χ0n) is 36.2. The molecule has 0 fully saturated rings. The molecule has 0 saturated heterocycles. The van der Waals surface area contributed by atoms with E-state index in [0.29, 0.717) is 165 Å². The van der Waals surface area contributed by atoms with Gasteiger partial charge in [-0.1, -0.05) is 71.1 Å². The fourth-order valence-electron chi connectivity index (χ4n) is 5.10. The van der Waals surface area contributed by atoms with Gasteiger partial charge in [-0.15, -0.1) is 0 Å². The van der Waals surface area contributed by atoms with Gasteiger partial charge in [-0.25, -0.2) is 0 Å². The van der Waals surface area contributed by atoms with Gasteiger partial charge >= 0.3 is 5.97 Å². The van der Waals surface area contributed by atoms with Gasteiger partial charge in [0.25, 0.3) is 0 Å². The van der Waals surface area contributed by atoms with E-state index in [1.54, 1.807) is 0 Å². The largest absolute Gasteiger partial charge is 0.481 e. The molecule has 1 amide bonds. The second-order valence-corrected chi connectivity index (χ2v) is 13.5. The maximum atomic E-state index is 11.4. The van der Waals surface area contributed by atoms with E-state index in [1.807, 2.05) is 0 Å². The topological polar surface area (TPSA) is 177 Å². The molecule has 0 aliphatic carbocycles. The van der Waals surface area contributed by atoms with E-state index in [-0.39, 0.29) is 18.7 Å². The number of carbonyl (C=O) groups excluding carboxylic acids is 1. The summed E-state index contributed by atoms with van der Waals surface area (Å²) in [6.45, 7) is 15.2. The zero-order valence-corrected chi connectivity index (χ0v) is 36.2. The highest BCUT2D eigenvalue weighted by molar-refractivity contribution is 5.80. The molecule has 0 aliphatic heterocycles. The number of unbranched alkanes of at least 4 members (excludes halogenated alkanes) is 10. The highest BCUT2D eigenvalue weighted by Crippen LogP contribution is 2.11. The van der Waals surface area contributed by atoms with Crippen LogP contribution in [0.3, 0.4) is 0 Å². The Balaban J connectivity index is 3.08. The third-order valence-corrected chi connectivity index (χ3v) is 8.34. The fraction of sp³-hybridized carbons (Fsp3) is 0.952. The minimum absolute atomic E-state index is 0.00999. The van der Waals surface area contributed by atoms with Crippen molar-refractivity contribution in [1.29, 1.82) is 0 Å². The second kappa shape index (κ2) is 51.6. The molecule has 0 radical (unpaired) electrons. The highest BCUT2D eigenvalue weighted by atomic mass is 16.6. The summed E-state index contributed by atoms with van der Waals surface area (Å²) in [5.74, 6) is -1.25. The lowest BCUT2D eigenvalue weighted by molar-refractivity contribution is -0.138. The third kappa shape index (κ3) is 52.5. The Bertz CT molecular complexity index is 815. The summed E-state index contributed by atoms with van der Waals surface area (Å²) in [6, 6.07) is 0. The molecule has 0 atom stereocenters. The first-order chi connectivity index (χ1) is 28.7. The van der Waals surface area contributed by atoms with Gasteiger partial charge in [0.05, 0.1) is 152 Å². The Morgan fingerprint density at radius 2 is 0.569 bits per heavy atom. The number of nitrogens with one attached hydrogen (secondary N) is 1. The molecule has 0 bridgehead atoms. The van der Waals surface area contributed by atoms with Crippen LogP contribution in [-0.2, 0) is 66.4 Å². The summed E-state index contributed by atoms with van der Waals surface area (Å²) in [5, 5.41) is 11.2. The first-order valence-corrected chi connectivity index (χ1v) is 22.1. The number of hydrogen-bond donors (Lipinski definition) is 2. The molecule has 0 spiro atoms. The Labute approximate surface area is 350 Å². The Hall–Kier alpha value is -1.54. The van der Waals surface area contributed by atoms with Crippen molar-refractivity contribution in [2.24, 2.45) is 0 Å². The fourth-order valence-corrected chi connectivity index (χ4v) is 5.10. The van der Waals surface area contributed by atoms with Crippen molar-refractivity contribution in [2.45, 2.75) is 96.8 Å². The molecular formula is C42H83NO15. The lowest BCUT2D eigenvalue weighted by Crippen LogP contribution is -2.25. The van der Waals surface area contributed by atoms with Crippen LogP contribution in [0.5, 0.6) is 0 Å². The molecule has 0 saturated carbocycles. The van der Waals surface area contributed by atoms with Crippen molar-refractivity contribution in [2.75, 3.05) is 165 Å². The minimum Gasteiger partial charge on any atom is -0.481 e. The normalized spacial score (nSPS) is 11.5. The monoisotopic (exact) mass is 842 g/mol. The molecule has 0 aromatic heterocycles. The van der Waals surface area contributed by atoms with Gasteiger partial charge in [0, 0.05) is 26.2 Å². The lowest BCUT2D eigenvalue weighted by atomic mass is 10.1. The van der Waals surface area contributed by atoms with E-state index in [1.165, 1.54) is 64.2 Å². The smallest absolute Gasteiger partial charge is 0.303 e. The molecule has 0 unspecified atom stereocenters. The first-order valence-electron chi connectivity index (χ1n) is 22.1. The summed E-state index contributed by atoms with van der Waals surface area (Å²) < 4.78 is 66.1. The van der Waals surface area contributed by atoms with Crippen LogP contribution < -0.4 is 5.32 Å². The molecule has 58 heavy (non-hydrogen) atoms. The van der Waals surface area contributed by atoms with Crippen molar-refractivity contribution in [3.8, 4) is 0 Å². The average Bonchev–Trinajstić information content (AvgIpc) is 3.22. The lowest BCUT2D eigenvalue weighted by Gasteiger charge is -2.09. The van der Waals surface area contributed by atoms with Gasteiger partial charge in [0.2, 0.25) is 5.91 Å². The van der Waals surface area contributed by atoms with Crippen molar-refractivity contribution < 1.29 is 71.5 Å². The van der Waals surface area contributed by atoms with Crippen LogP contribution >= 0.6 is 0 Å². The number of rotatable bonds is 52. The number of ether oxygens (including phenoxy) is 12. The SMILES string of the molecule is CCCCCCCCCCCCCOCCOCCOCCOCCOCCOCCOCCOCCOCCOCCOCCOCCCNC(=O)CCC(=O)O. The molecular weight excluding hydrogens is 758 g/mol. The quantitative estimate of drug-likeness (QED) is 0.0793. The molecule has 2 N–H and O–H groups in total. The molecule has 16 heteroatoms. The summed E-state index contributed by atoms with van der Waals surface area (Å²) >= 11 is 0. The molecule has 0 aromatic carbocycles. The van der Waals surface area contributed by atoms with Crippen LogP contribution in [0.4, 0.5) is 0 Å². The minimum atomic E-state index is -0.982. The van der Waals surface area contributed by atoms with Crippen molar-refractivity contribution in [3.63, 3.8) is 0 Å². The molecule has 0 aromatic rings. The van der Waals surface area contributed by atoms with Crippen molar-refractivity contribution in [1.82, 2.24) is 5.32 Å². The highest BCUT2D eigenvalue weighted by Gasteiger charge is 2.04. The van der Waals surface area contributed by atoms with Gasteiger partial charge in [0.15, 0.2) is 0 Å². The maximum Gasteiger partial charge on any atom is 0.303 e. The predicted octanol–water partition coefficient (Wildman–Crippen LogP) is 4.87. The predicted molar refractivity (Wildman–Crippen MR) is 221 cm³/mol. The molecule has 0 aliphatic rings. The van der Waals surface area contributed by atoms with Gasteiger partial charge in [0.1, 0.15) is 0 Å². The van der Waals surface area contributed by atoms with E-state index >= 15 is 0 Å². The molecule has 0 rings (SSSR count). The summed E-state index contributed by atoms with van der Waals surface area (Å²) in [4.78, 5) is 21.8. The number of carbonyl (C=O) groups is 2. The van der Waals surface area contributed by atoms with Crippen LogP contribution in [0, 0.1) is 0 Å². The van der Waals surface area contributed by atoms with Crippen LogP contribution in [-0.4, -0.2) is 182 Å². The number of carboxylic acids is 1. The van der Waals surface area contributed by atoms with Gasteiger partial charge in [-0.3, -0.25) is 9.59 Å². The van der Waals surface area contributed by atoms with Crippen LogP contribution in [0.25, 0.3) is 0 Å². The third-order valence-electron chi connectivity index (χ3n) is 8.34. The number of amides is 1. The Morgan fingerprint density at radius 1 is 0.328 bits per heavy atom. The summed E-state index contributed by atoms with van der Waals surface area (Å²) in [7, 11) is 0. The Morgan fingerprint density at radius 3 is 0.845 bits per heavy atom. The van der Waals surface area contributed by atoms with E-state index < -0.39 is 5.97 Å². The molecule has 346 valence electrons. The van der Waals surface area contributed by atoms with Gasteiger partial charge in [-0.2, -0.15) is 0 Å². The number of carboxylic acid groups (broad SMARTS) is 1. The van der Waals surface area contributed by atoms with Crippen LogP contribution in [0.15, 0.2) is 0 Å². The van der Waals surface area contributed by atoms with Crippen molar-refractivity contribution in [3.05, 3.63) is 0 Å². The molecule has 16 nitrogen and oxygen atoms in total. The zero-order chi connectivity index (χ0) is 41.9. The Kier molecular flexibility index (Phi) is 50.2. The van der Waals surface area contributed by atoms with Crippen LogP contribution in [0.2, 0.25) is 0 Å². The van der Waals surface area contributed by atoms with E-state index in [2.05, 4.69) is 12.2 Å². The van der Waals surface area contributed by atoms with E-state index in [9.17, 15) is 9.59 Å².